The van der Waals surface area contributed by atoms with E-state index in [9.17, 15) is 4.39 Å². The lowest BCUT2D eigenvalue weighted by molar-refractivity contribution is 0.313. The van der Waals surface area contributed by atoms with Gasteiger partial charge in [-0.1, -0.05) is 13.0 Å². The van der Waals surface area contributed by atoms with E-state index in [2.05, 4.69) is 22.8 Å². The van der Waals surface area contributed by atoms with Crippen molar-refractivity contribution < 1.29 is 4.39 Å². The van der Waals surface area contributed by atoms with E-state index < -0.39 is 0 Å². The summed E-state index contributed by atoms with van der Waals surface area (Å²) in [6.45, 7) is 6.78. The smallest absolute Gasteiger partial charge is 0.129 e. The zero-order valence-electron chi connectivity index (χ0n) is 12.2. The van der Waals surface area contributed by atoms with Crippen LogP contribution in [0.1, 0.15) is 25.3 Å². The Balaban J connectivity index is 1.81. The normalized spacial score (nSPS) is 27.4. The second kappa shape index (κ2) is 5.70. The molecule has 2 N–H and O–H groups in total. The summed E-state index contributed by atoms with van der Waals surface area (Å²) in [4.78, 5) is 4.60. The molecule has 1 aromatic rings. The number of nitrogens with two attached hydrogens (primary N) is 1. The van der Waals surface area contributed by atoms with Gasteiger partial charge in [-0.05, 0) is 30.9 Å². The lowest BCUT2D eigenvalue weighted by Crippen LogP contribution is -2.29. The molecule has 3 nitrogen and oxygen atoms in total. The summed E-state index contributed by atoms with van der Waals surface area (Å²) in [6, 6.07) is 5.68. The molecule has 0 amide bonds. The van der Waals surface area contributed by atoms with Crippen LogP contribution in [0.25, 0.3) is 0 Å². The average Bonchev–Trinajstić information content (AvgIpc) is 3.03. The van der Waals surface area contributed by atoms with Gasteiger partial charge < -0.3 is 10.6 Å². The summed E-state index contributed by atoms with van der Waals surface area (Å²) >= 11 is 0. The van der Waals surface area contributed by atoms with Crippen molar-refractivity contribution in [2.24, 2.45) is 11.7 Å². The van der Waals surface area contributed by atoms with Gasteiger partial charge in [0, 0.05) is 50.0 Å². The fourth-order valence-electron chi connectivity index (χ4n) is 3.41. The molecule has 2 heterocycles. The lowest BCUT2D eigenvalue weighted by Gasteiger charge is -2.24. The minimum absolute atomic E-state index is 0.0810. The standard InChI is InChI=1S/C16H24FN3/c1-12-9-19(11-15(12)18)10-13-14(17)5-4-6-16(13)20-7-2-3-8-20/h4-6,12,15H,2-3,7-11,18H2,1H3. The number of likely N-dealkylation sites (tertiary alicyclic amines) is 1. The summed E-state index contributed by atoms with van der Waals surface area (Å²) in [5, 5.41) is 0. The van der Waals surface area contributed by atoms with Crippen molar-refractivity contribution in [3.63, 3.8) is 0 Å². The molecule has 1 aromatic carbocycles. The minimum atomic E-state index is -0.0810. The summed E-state index contributed by atoms with van der Waals surface area (Å²) in [7, 11) is 0. The van der Waals surface area contributed by atoms with Crippen molar-refractivity contribution in [2.75, 3.05) is 31.1 Å². The molecule has 2 atom stereocenters. The summed E-state index contributed by atoms with van der Waals surface area (Å²) in [5.41, 5.74) is 8.00. The van der Waals surface area contributed by atoms with Crippen LogP contribution in [0.5, 0.6) is 0 Å². The SMILES string of the molecule is CC1CN(Cc2c(F)cccc2N2CCCC2)CC1N. The van der Waals surface area contributed by atoms with Gasteiger partial charge in [0.25, 0.3) is 0 Å². The first kappa shape index (κ1) is 13.8. The monoisotopic (exact) mass is 277 g/mol. The van der Waals surface area contributed by atoms with E-state index >= 15 is 0 Å². The Morgan fingerprint density at radius 2 is 2.00 bits per heavy atom. The highest BCUT2D eigenvalue weighted by Gasteiger charge is 2.28. The van der Waals surface area contributed by atoms with Crippen LogP contribution in [-0.2, 0) is 6.54 Å². The number of anilines is 1. The van der Waals surface area contributed by atoms with Crippen LogP contribution in [0, 0.1) is 11.7 Å². The molecule has 0 spiro atoms. The summed E-state index contributed by atoms with van der Waals surface area (Å²) in [6.07, 6.45) is 2.42. The Morgan fingerprint density at radius 3 is 2.65 bits per heavy atom. The zero-order valence-corrected chi connectivity index (χ0v) is 12.2. The van der Waals surface area contributed by atoms with Crippen molar-refractivity contribution in [1.29, 1.82) is 0 Å². The minimum Gasteiger partial charge on any atom is -0.371 e. The van der Waals surface area contributed by atoms with Gasteiger partial charge in [0.05, 0.1) is 0 Å². The molecule has 4 heteroatoms. The number of nitrogens with zero attached hydrogens (tertiary/aromatic N) is 2. The quantitative estimate of drug-likeness (QED) is 0.919. The van der Waals surface area contributed by atoms with Gasteiger partial charge >= 0.3 is 0 Å². The van der Waals surface area contributed by atoms with E-state index in [0.717, 1.165) is 37.4 Å². The van der Waals surface area contributed by atoms with Crippen molar-refractivity contribution in [1.82, 2.24) is 4.90 Å². The molecule has 2 aliphatic heterocycles. The predicted octanol–water partition coefficient (Wildman–Crippen LogP) is 2.20. The van der Waals surface area contributed by atoms with Gasteiger partial charge in [0.2, 0.25) is 0 Å². The molecular weight excluding hydrogens is 253 g/mol. The fourth-order valence-corrected chi connectivity index (χ4v) is 3.41. The van der Waals surface area contributed by atoms with E-state index in [1.807, 2.05) is 6.07 Å². The molecule has 0 radical (unpaired) electrons. The average molecular weight is 277 g/mol. The van der Waals surface area contributed by atoms with E-state index in [-0.39, 0.29) is 11.9 Å². The molecule has 2 aliphatic rings. The van der Waals surface area contributed by atoms with E-state index in [1.54, 1.807) is 6.07 Å². The summed E-state index contributed by atoms with van der Waals surface area (Å²) < 4.78 is 14.3. The van der Waals surface area contributed by atoms with Crippen LogP contribution in [-0.4, -0.2) is 37.1 Å². The molecule has 0 aromatic heterocycles. The van der Waals surface area contributed by atoms with Crippen LogP contribution in [0.2, 0.25) is 0 Å². The third kappa shape index (κ3) is 2.67. The van der Waals surface area contributed by atoms with Crippen LogP contribution < -0.4 is 10.6 Å². The molecule has 0 saturated carbocycles. The van der Waals surface area contributed by atoms with E-state index in [1.165, 1.54) is 12.8 Å². The highest BCUT2D eigenvalue weighted by Crippen LogP contribution is 2.29. The van der Waals surface area contributed by atoms with Gasteiger partial charge in [-0.3, -0.25) is 4.90 Å². The first-order valence-corrected chi connectivity index (χ1v) is 7.65. The van der Waals surface area contributed by atoms with E-state index in [4.69, 9.17) is 5.73 Å². The molecule has 0 bridgehead atoms. The van der Waals surface area contributed by atoms with Crippen molar-refractivity contribution >= 4 is 5.69 Å². The van der Waals surface area contributed by atoms with Gasteiger partial charge in [-0.15, -0.1) is 0 Å². The number of rotatable bonds is 3. The third-order valence-electron chi connectivity index (χ3n) is 4.67. The van der Waals surface area contributed by atoms with Crippen molar-refractivity contribution in [3.05, 3.63) is 29.6 Å². The molecule has 20 heavy (non-hydrogen) atoms. The van der Waals surface area contributed by atoms with Gasteiger partial charge in [-0.2, -0.15) is 0 Å². The fraction of sp³-hybridized carbons (Fsp3) is 0.625. The highest BCUT2D eigenvalue weighted by atomic mass is 19.1. The summed E-state index contributed by atoms with van der Waals surface area (Å²) in [5.74, 6) is 0.416. The van der Waals surface area contributed by atoms with Crippen LogP contribution in [0.4, 0.5) is 10.1 Å². The third-order valence-corrected chi connectivity index (χ3v) is 4.67. The maximum Gasteiger partial charge on any atom is 0.129 e. The molecule has 110 valence electrons. The topological polar surface area (TPSA) is 32.5 Å². The van der Waals surface area contributed by atoms with Crippen LogP contribution in [0.15, 0.2) is 18.2 Å². The van der Waals surface area contributed by atoms with E-state index in [0.29, 0.717) is 12.5 Å². The molecule has 2 fully saturated rings. The van der Waals surface area contributed by atoms with Gasteiger partial charge in [-0.25, -0.2) is 4.39 Å². The van der Waals surface area contributed by atoms with Crippen molar-refractivity contribution in [3.8, 4) is 0 Å². The number of hydrogen-bond donors (Lipinski definition) is 1. The number of benzene rings is 1. The van der Waals surface area contributed by atoms with Gasteiger partial charge in [0.15, 0.2) is 0 Å². The van der Waals surface area contributed by atoms with Gasteiger partial charge in [0.1, 0.15) is 5.82 Å². The molecule has 3 rings (SSSR count). The number of halogens is 1. The first-order chi connectivity index (χ1) is 9.65. The maximum absolute atomic E-state index is 14.3. The Hall–Kier alpha value is -1.13. The Labute approximate surface area is 120 Å². The zero-order chi connectivity index (χ0) is 14.1. The predicted molar refractivity (Wildman–Crippen MR) is 80.3 cm³/mol. The highest BCUT2D eigenvalue weighted by molar-refractivity contribution is 5.54. The Bertz CT molecular complexity index is 461. The molecule has 0 aliphatic carbocycles. The molecular formula is C16H24FN3. The molecule has 2 saturated heterocycles. The second-order valence-electron chi connectivity index (χ2n) is 6.27. The Morgan fingerprint density at radius 1 is 1.25 bits per heavy atom. The Kier molecular flexibility index (Phi) is 3.94. The lowest BCUT2D eigenvalue weighted by atomic mass is 10.1. The largest absolute Gasteiger partial charge is 0.371 e. The first-order valence-electron chi connectivity index (χ1n) is 7.65. The maximum atomic E-state index is 14.3. The van der Waals surface area contributed by atoms with Crippen molar-refractivity contribution in [2.45, 2.75) is 32.4 Å². The van der Waals surface area contributed by atoms with Crippen LogP contribution >= 0.6 is 0 Å². The van der Waals surface area contributed by atoms with Crippen LogP contribution in [0.3, 0.4) is 0 Å². The second-order valence-corrected chi connectivity index (χ2v) is 6.27. The number of hydrogen-bond acceptors (Lipinski definition) is 3. The molecule has 2 unspecified atom stereocenters.